The molecule has 0 amide bonds. The molecule has 1 rings (SSSR count). The van der Waals surface area contributed by atoms with E-state index >= 15 is 0 Å². The normalized spacial score (nSPS) is 10.8. The topological polar surface area (TPSA) is 124 Å². The van der Waals surface area contributed by atoms with Crippen molar-refractivity contribution < 1.29 is 29.2 Å². The lowest BCUT2D eigenvalue weighted by Crippen LogP contribution is -2.34. The maximum absolute atomic E-state index is 11.8. The fourth-order valence-electron chi connectivity index (χ4n) is 1.66. The van der Waals surface area contributed by atoms with Gasteiger partial charge in [-0.05, 0) is 17.7 Å². The summed E-state index contributed by atoms with van der Waals surface area (Å²) >= 11 is 0. The predicted octanol–water partition coefficient (Wildman–Crippen LogP) is 1.71. The zero-order valence-corrected chi connectivity index (χ0v) is 12.1. The van der Waals surface area contributed by atoms with Gasteiger partial charge in [-0.1, -0.05) is 13.8 Å². The van der Waals surface area contributed by atoms with Gasteiger partial charge in [0.2, 0.25) is 5.78 Å². The van der Waals surface area contributed by atoms with Crippen molar-refractivity contribution in [3.8, 4) is 0 Å². The quantitative estimate of drug-likeness (QED) is 0.352. The molecule has 0 heterocycles. The van der Waals surface area contributed by atoms with E-state index in [-0.39, 0.29) is 12.3 Å². The van der Waals surface area contributed by atoms with Gasteiger partial charge in [-0.15, -0.1) is 0 Å². The van der Waals surface area contributed by atoms with Crippen molar-refractivity contribution in [2.45, 2.75) is 26.9 Å². The van der Waals surface area contributed by atoms with Gasteiger partial charge in [0.25, 0.3) is 5.69 Å². The second-order valence-electron chi connectivity index (χ2n) is 5.28. The van der Waals surface area contributed by atoms with Gasteiger partial charge in [-0.2, -0.15) is 0 Å². The Labute approximate surface area is 125 Å². The summed E-state index contributed by atoms with van der Waals surface area (Å²) < 4.78 is 4.81. The van der Waals surface area contributed by atoms with Crippen LogP contribution in [0.5, 0.6) is 0 Å². The molecule has 22 heavy (non-hydrogen) atoms. The molecule has 0 saturated carbocycles. The van der Waals surface area contributed by atoms with Crippen molar-refractivity contribution >= 4 is 23.4 Å². The number of hydrogen-bond donors (Lipinski definition) is 1. The van der Waals surface area contributed by atoms with Crippen LogP contribution in [0, 0.1) is 15.5 Å². The van der Waals surface area contributed by atoms with Crippen LogP contribution in [0.25, 0.3) is 0 Å². The lowest BCUT2D eigenvalue weighted by atomic mass is 9.84. The molecule has 8 nitrogen and oxygen atoms in total. The van der Waals surface area contributed by atoms with E-state index in [0.717, 1.165) is 0 Å². The first-order valence-electron chi connectivity index (χ1n) is 6.30. The Bertz CT molecular complexity index is 604. The number of carboxylic acid groups (broad SMARTS) is 1. The van der Waals surface area contributed by atoms with Crippen LogP contribution in [0.15, 0.2) is 24.3 Å². The van der Waals surface area contributed by atoms with E-state index in [2.05, 4.69) is 0 Å². The number of ether oxygens (including phenoxy) is 1. The van der Waals surface area contributed by atoms with E-state index in [9.17, 15) is 24.5 Å². The number of Topliss-reactive ketones (excluding diaryl/α,β-unsaturated/α-hetero) is 1. The number of non-ortho nitro benzene ring substituents is 1. The minimum atomic E-state index is -1.36. The summed E-state index contributed by atoms with van der Waals surface area (Å²) in [6, 6.07) is 5.30. The lowest BCUT2D eigenvalue weighted by Gasteiger charge is -2.19. The molecule has 0 atom stereocenters. The van der Waals surface area contributed by atoms with E-state index < -0.39 is 34.5 Å². The smallest absolute Gasteiger partial charge is 0.375 e. The fraction of sp³-hybridized carbons (Fsp3) is 0.357. The number of benzene rings is 1. The van der Waals surface area contributed by atoms with Crippen LogP contribution in [0.3, 0.4) is 0 Å². The monoisotopic (exact) mass is 309 g/mol. The summed E-state index contributed by atoms with van der Waals surface area (Å²) in [5.74, 6) is -3.26. The number of ketones is 1. The third kappa shape index (κ3) is 4.65. The highest BCUT2D eigenvalue weighted by molar-refractivity contribution is 6.35. The number of rotatable bonds is 7. The van der Waals surface area contributed by atoms with E-state index in [1.54, 1.807) is 0 Å². The van der Waals surface area contributed by atoms with Crippen molar-refractivity contribution in [3.63, 3.8) is 0 Å². The Morgan fingerprint density at radius 3 is 2.23 bits per heavy atom. The molecular weight excluding hydrogens is 294 g/mol. The number of nitrogens with zero attached hydrogens (tertiary/aromatic N) is 1. The molecular formula is C14H15NO7. The summed E-state index contributed by atoms with van der Waals surface area (Å²) in [4.78, 5) is 44.1. The molecule has 0 fully saturated rings. The fourth-order valence-corrected chi connectivity index (χ4v) is 1.66. The molecule has 0 bridgehead atoms. The number of nitro groups is 1. The number of esters is 1. The van der Waals surface area contributed by atoms with E-state index in [1.807, 2.05) is 0 Å². The third-order valence-corrected chi connectivity index (χ3v) is 2.91. The molecule has 1 aromatic carbocycles. The molecule has 0 radical (unpaired) electrons. The van der Waals surface area contributed by atoms with Crippen LogP contribution in [0.4, 0.5) is 5.69 Å². The Kier molecular flexibility index (Phi) is 5.33. The summed E-state index contributed by atoms with van der Waals surface area (Å²) in [5.41, 5.74) is -0.991. The highest BCUT2D eigenvalue weighted by Crippen LogP contribution is 2.22. The molecule has 0 aliphatic rings. The van der Waals surface area contributed by atoms with Crippen molar-refractivity contribution in [3.05, 3.63) is 39.9 Å². The van der Waals surface area contributed by atoms with Crippen LogP contribution in [-0.4, -0.2) is 27.8 Å². The largest absolute Gasteiger partial charge is 0.481 e. The van der Waals surface area contributed by atoms with Gasteiger partial charge in [-0.3, -0.25) is 19.7 Å². The van der Waals surface area contributed by atoms with Gasteiger partial charge in [0.15, 0.2) is 0 Å². The maximum atomic E-state index is 11.8. The summed E-state index contributed by atoms with van der Waals surface area (Å²) in [6.45, 7) is 2.46. The van der Waals surface area contributed by atoms with Gasteiger partial charge in [0.05, 0.1) is 11.3 Å². The lowest BCUT2D eigenvalue weighted by molar-refractivity contribution is -0.384. The highest BCUT2D eigenvalue weighted by Gasteiger charge is 2.36. The molecule has 0 aromatic heterocycles. The number of carbonyl (C=O) groups is 3. The molecule has 1 aromatic rings. The first-order valence-corrected chi connectivity index (χ1v) is 6.30. The Morgan fingerprint density at radius 1 is 1.23 bits per heavy atom. The van der Waals surface area contributed by atoms with E-state index in [1.165, 1.54) is 38.1 Å². The van der Waals surface area contributed by atoms with Crippen molar-refractivity contribution in [2.75, 3.05) is 0 Å². The number of carbonyl (C=O) groups excluding carboxylic acids is 2. The molecule has 8 heteroatoms. The molecule has 118 valence electrons. The predicted molar refractivity (Wildman–Crippen MR) is 73.9 cm³/mol. The summed E-state index contributed by atoms with van der Waals surface area (Å²) in [5, 5.41) is 19.2. The first kappa shape index (κ1) is 17.3. The SMILES string of the molecule is CC(C)(CC(=O)O)C(=O)C(=O)OCc1ccc([N+](=O)[O-])cc1. The Morgan fingerprint density at radius 2 is 1.77 bits per heavy atom. The molecule has 0 saturated heterocycles. The number of nitro benzene ring substituents is 1. The Hall–Kier alpha value is -2.77. The first-order chi connectivity index (χ1) is 10.1. The van der Waals surface area contributed by atoms with Crippen LogP contribution in [0.1, 0.15) is 25.8 Å². The average Bonchev–Trinajstić information content (AvgIpc) is 2.43. The second-order valence-corrected chi connectivity index (χ2v) is 5.28. The molecule has 0 aliphatic carbocycles. The van der Waals surface area contributed by atoms with Crippen LogP contribution >= 0.6 is 0 Å². The summed E-state index contributed by atoms with van der Waals surface area (Å²) in [7, 11) is 0. The van der Waals surface area contributed by atoms with Crippen molar-refractivity contribution in [1.82, 2.24) is 0 Å². The molecule has 0 unspecified atom stereocenters. The van der Waals surface area contributed by atoms with E-state index in [0.29, 0.717) is 5.56 Å². The van der Waals surface area contributed by atoms with Gasteiger partial charge in [0, 0.05) is 17.5 Å². The number of aliphatic carboxylic acids is 1. The highest BCUT2D eigenvalue weighted by atomic mass is 16.6. The molecule has 0 spiro atoms. The maximum Gasteiger partial charge on any atom is 0.375 e. The third-order valence-electron chi connectivity index (χ3n) is 2.91. The second kappa shape index (κ2) is 6.79. The van der Waals surface area contributed by atoms with Crippen LogP contribution in [0.2, 0.25) is 0 Å². The standard InChI is InChI=1S/C14H15NO7/c1-14(2,7-11(16)17)12(18)13(19)22-8-9-3-5-10(6-4-9)15(20)21/h3-6H,7-8H2,1-2H3,(H,16,17). The average molecular weight is 309 g/mol. The van der Waals surface area contributed by atoms with Gasteiger partial charge in [-0.25, -0.2) is 4.79 Å². The van der Waals surface area contributed by atoms with Crippen LogP contribution in [-0.2, 0) is 25.7 Å². The molecule has 1 N–H and O–H groups in total. The van der Waals surface area contributed by atoms with Crippen LogP contribution < -0.4 is 0 Å². The minimum absolute atomic E-state index is 0.103. The van der Waals surface area contributed by atoms with E-state index in [4.69, 9.17) is 9.84 Å². The zero-order valence-electron chi connectivity index (χ0n) is 12.1. The Balaban J connectivity index is 2.63. The van der Waals surface area contributed by atoms with Crippen molar-refractivity contribution in [1.29, 1.82) is 0 Å². The van der Waals surface area contributed by atoms with Gasteiger partial charge < -0.3 is 9.84 Å². The number of carboxylic acids is 1. The zero-order chi connectivity index (χ0) is 16.9. The summed E-state index contributed by atoms with van der Waals surface area (Å²) in [6.07, 6.45) is -0.488. The van der Waals surface area contributed by atoms with Gasteiger partial charge in [0.1, 0.15) is 6.61 Å². The van der Waals surface area contributed by atoms with Crippen molar-refractivity contribution in [2.24, 2.45) is 5.41 Å². The number of hydrogen-bond acceptors (Lipinski definition) is 6. The minimum Gasteiger partial charge on any atom is -0.481 e. The molecule has 0 aliphatic heterocycles. The van der Waals surface area contributed by atoms with Gasteiger partial charge >= 0.3 is 11.9 Å².